The van der Waals surface area contributed by atoms with E-state index in [1.165, 1.54) is 11.3 Å². The molecular formula is C19H14N4OS2. The molecule has 3 aromatic heterocycles. The van der Waals surface area contributed by atoms with E-state index in [4.69, 9.17) is 0 Å². The fourth-order valence-corrected chi connectivity index (χ4v) is 3.95. The molecule has 7 heteroatoms. The quantitative estimate of drug-likeness (QED) is 0.532. The number of pyridine rings is 1. The zero-order chi connectivity index (χ0) is 17.8. The number of thiophene rings is 1. The average Bonchev–Trinajstić information content (AvgIpc) is 3.32. The molecule has 1 N–H and O–H groups in total. The number of phenolic OH excluding ortho intramolecular Hbond substituents is 1. The molecule has 5 nitrogen and oxygen atoms in total. The van der Waals surface area contributed by atoms with Gasteiger partial charge < -0.3 is 5.11 Å². The minimum Gasteiger partial charge on any atom is -0.508 e. The summed E-state index contributed by atoms with van der Waals surface area (Å²) < 4.78 is 1.83. The van der Waals surface area contributed by atoms with Gasteiger partial charge in [-0.15, -0.1) is 22.7 Å². The van der Waals surface area contributed by atoms with Crippen LogP contribution in [-0.4, -0.2) is 21.0 Å². The highest BCUT2D eigenvalue weighted by atomic mass is 32.1. The van der Waals surface area contributed by atoms with Crippen molar-refractivity contribution in [1.82, 2.24) is 9.66 Å². The molecule has 4 rings (SSSR count). The Morgan fingerprint density at radius 3 is 2.65 bits per heavy atom. The van der Waals surface area contributed by atoms with Crippen LogP contribution in [0.3, 0.4) is 0 Å². The largest absolute Gasteiger partial charge is 0.508 e. The van der Waals surface area contributed by atoms with Crippen LogP contribution in [0.15, 0.2) is 81.8 Å². The Morgan fingerprint density at radius 1 is 1.04 bits per heavy atom. The molecule has 0 amide bonds. The van der Waals surface area contributed by atoms with Crippen LogP contribution in [-0.2, 0) is 0 Å². The molecule has 0 saturated carbocycles. The summed E-state index contributed by atoms with van der Waals surface area (Å²) in [5, 5.41) is 18.1. The number of thiazole rings is 1. The van der Waals surface area contributed by atoms with Gasteiger partial charge in [0, 0.05) is 11.6 Å². The maximum absolute atomic E-state index is 9.42. The normalized spacial score (nSPS) is 12.1. The van der Waals surface area contributed by atoms with Crippen molar-refractivity contribution in [2.75, 3.05) is 0 Å². The maximum Gasteiger partial charge on any atom is 0.211 e. The van der Waals surface area contributed by atoms with Gasteiger partial charge in [0.05, 0.1) is 28.7 Å². The summed E-state index contributed by atoms with van der Waals surface area (Å²) in [6, 6.07) is 14.8. The third kappa shape index (κ3) is 3.63. The van der Waals surface area contributed by atoms with Crippen LogP contribution < -0.4 is 4.80 Å². The summed E-state index contributed by atoms with van der Waals surface area (Å²) in [6.45, 7) is 0. The van der Waals surface area contributed by atoms with Crippen molar-refractivity contribution in [3.05, 3.63) is 82.0 Å². The van der Waals surface area contributed by atoms with E-state index in [2.05, 4.69) is 26.5 Å². The zero-order valence-corrected chi connectivity index (χ0v) is 15.2. The molecule has 0 radical (unpaired) electrons. The molecule has 0 unspecified atom stereocenters. The average molecular weight is 378 g/mol. The van der Waals surface area contributed by atoms with Gasteiger partial charge in [0.2, 0.25) is 4.80 Å². The predicted molar refractivity (Wildman–Crippen MR) is 106 cm³/mol. The lowest BCUT2D eigenvalue weighted by atomic mass is 10.2. The SMILES string of the molecule is Oc1ccc(C=Nn2c(-c3cccs3)csc2=Nc2cccnc2)cc1. The van der Waals surface area contributed by atoms with Gasteiger partial charge in [0.1, 0.15) is 5.75 Å². The van der Waals surface area contributed by atoms with Crippen molar-refractivity contribution in [2.45, 2.75) is 0 Å². The standard InChI is InChI=1S/C19H14N4OS2/c24-16-7-5-14(6-8-16)11-21-23-17(18-4-2-10-25-18)13-26-19(23)22-15-3-1-9-20-12-15/h1-13,24H. The minimum absolute atomic E-state index is 0.233. The Bertz CT molecular complexity index is 1080. The van der Waals surface area contributed by atoms with Gasteiger partial charge >= 0.3 is 0 Å². The lowest BCUT2D eigenvalue weighted by molar-refractivity contribution is 0.475. The highest BCUT2D eigenvalue weighted by Crippen LogP contribution is 2.25. The van der Waals surface area contributed by atoms with Crippen LogP contribution in [0.25, 0.3) is 10.6 Å². The summed E-state index contributed by atoms with van der Waals surface area (Å²) in [6.07, 6.45) is 5.20. The third-order valence-electron chi connectivity index (χ3n) is 3.55. The second kappa shape index (κ2) is 7.47. The molecule has 128 valence electrons. The minimum atomic E-state index is 0.233. The molecule has 26 heavy (non-hydrogen) atoms. The summed E-state index contributed by atoms with van der Waals surface area (Å²) in [5.74, 6) is 0.233. The first kappa shape index (κ1) is 16.4. The van der Waals surface area contributed by atoms with Gasteiger partial charge in [-0.2, -0.15) is 5.10 Å². The first-order valence-electron chi connectivity index (χ1n) is 7.82. The molecule has 0 atom stereocenters. The molecule has 0 aliphatic rings. The zero-order valence-electron chi connectivity index (χ0n) is 13.6. The van der Waals surface area contributed by atoms with Crippen LogP contribution in [0.5, 0.6) is 5.75 Å². The Morgan fingerprint density at radius 2 is 1.92 bits per heavy atom. The number of aromatic hydroxyl groups is 1. The second-order valence-corrected chi connectivity index (χ2v) is 7.14. The van der Waals surface area contributed by atoms with Crippen molar-refractivity contribution in [3.8, 4) is 16.3 Å². The first-order valence-corrected chi connectivity index (χ1v) is 9.58. The summed E-state index contributed by atoms with van der Waals surface area (Å²) in [7, 11) is 0. The van der Waals surface area contributed by atoms with Crippen LogP contribution in [0, 0.1) is 0 Å². The molecular weight excluding hydrogens is 364 g/mol. The van der Waals surface area contributed by atoms with Gasteiger partial charge in [-0.3, -0.25) is 4.98 Å². The highest BCUT2D eigenvalue weighted by Gasteiger charge is 2.08. The van der Waals surface area contributed by atoms with Crippen molar-refractivity contribution < 1.29 is 5.11 Å². The topological polar surface area (TPSA) is 62.8 Å². The second-order valence-electron chi connectivity index (χ2n) is 5.35. The van der Waals surface area contributed by atoms with Crippen LogP contribution in [0.2, 0.25) is 0 Å². The van der Waals surface area contributed by atoms with Crippen LogP contribution in [0.4, 0.5) is 5.69 Å². The Balaban J connectivity index is 1.81. The van der Waals surface area contributed by atoms with Gasteiger partial charge in [-0.1, -0.05) is 6.07 Å². The monoisotopic (exact) mass is 378 g/mol. The smallest absolute Gasteiger partial charge is 0.211 e. The molecule has 3 heterocycles. The first-order chi connectivity index (χ1) is 12.8. The number of benzene rings is 1. The Labute approximate surface area is 157 Å². The Kier molecular flexibility index (Phi) is 4.72. The van der Waals surface area contributed by atoms with Gasteiger partial charge in [0.15, 0.2) is 0 Å². The fraction of sp³-hybridized carbons (Fsp3) is 0. The lowest BCUT2D eigenvalue weighted by Gasteiger charge is -2.01. The van der Waals surface area contributed by atoms with E-state index in [0.29, 0.717) is 0 Å². The van der Waals surface area contributed by atoms with Crippen molar-refractivity contribution in [3.63, 3.8) is 0 Å². The van der Waals surface area contributed by atoms with Gasteiger partial charge in [-0.05, 0) is 53.4 Å². The Hall–Kier alpha value is -3.03. The number of nitrogens with zero attached hydrogens (tertiary/aromatic N) is 4. The molecule has 0 aliphatic carbocycles. The number of rotatable bonds is 4. The van der Waals surface area contributed by atoms with E-state index in [-0.39, 0.29) is 5.75 Å². The number of aromatic nitrogens is 2. The molecule has 0 spiro atoms. The third-order valence-corrected chi connectivity index (χ3v) is 5.25. The summed E-state index contributed by atoms with van der Waals surface area (Å²) >= 11 is 3.19. The molecule has 0 aliphatic heterocycles. The number of phenols is 1. The van der Waals surface area contributed by atoms with E-state index < -0.39 is 0 Å². The van der Waals surface area contributed by atoms with Crippen molar-refractivity contribution in [1.29, 1.82) is 0 Å². The van der Waals surface area contributed by atoms with E-state index in [9.17, 15) is 5.11 Å². The van der Waals surface area contributed by atoms with Crippen LogP contribution >= 0.6 is 22.7 Å². The van der Waals surface area contributed by atoms with Gasteiger partial charge in [-0.25, -0.2) is 9.67 Å². The summed E-state index contributed by atoms with van der Waals surface area (Å²) in [4.78, 5) is 10.7. The molecule has 1 aromatic carbocycles. The fourth-order valence-electron chi connectivity index (χ4n) is 2.30. The highest BCUT2D eigenvalue weighted by molar-refractivity contribution is 7.14. The van der Waals surface area contributed by atoms with Crippen molar-refractivity contribution >= 4 is 34.6 Å². The molecule has 0 bridgehead atoms. The lowest BCUT2D eigenvalue weighted by Crippen LogP contribution is -2.11. The van der Waals surface area contributed by atoms with Crippen LogP contribution in [0.1, 0.15) is 5.56 Å². The molecule has 0 fully saturated rings. The number of hydrogen-bond acceptors (Lipinski definition) is 6. The van der Waals surface area contributed by atoms with E-state index in [1.54, 1.807) is 42.1 Å². The maximum atomic E-state index is 9.42. The van der Waals surface area contributed by atoms with Crippen molar-refractivity contribution in [2.24, 2.45) is 10.1 Å². The van der Waals surface area contributed by atoms with Gasteiger partial charge in [0.25, 0.3) is 0 Å². The predicted octanol–water partition coefficient (Wildman–Crippen LogP) is 4.49. The van der Waals surface area contributed by atoms with E-state index in [1.807, 2.05) is 40.4 Å². The molecule has 0 saturated heterocycles. The molecule has 4 aromatic rings. The van der Waals surface area contributed by atoms with E-state index >= 15 is 0 Å². The number of hydrogen-bond donors (Lipinski definition) is 1. The van der Waals surface area contributed by atoms with E-state index in [0.717, 1.165) is 26.6 Å². The summed E-state index contributed by atoms with van der Waals surface area (Å²) in [5.41, 5.74) is 2.66.